The van der Waals surface area contributed by atoms with Crippen molar-refractivity contribution in [2.24, 2.45) is 0 Å². The van der Waals surface area contributed by atoms with Gasteiger partial charge in [-0.05, 0) is 31.9 Å². The Morgan fingerprint density at radius 1 is 1.33 bits per heavy atom. The molecular formula is C19H22N4O3S. The molecule has 27 heavy (non-hydrogen) atoms. The molecule has 2 amide bonds. The first-order valence-corrected chi connectivity index (χ1v) is 9.82. The molecule has 1 atom stereocenters. The zero-order chi connectivity index (χ0) is 19.6. The number of aromatic amines is 1. The lowest BCUT2D eigenvalue weighted by Crippen LogP contribution is -2.36. The molecule has 142 valence electrons. The van der Waals surface area contributed by atoms with Crippen LogP contribution in [0.5, 0.6) is 0 Å². The molecule has 0 radical (unpaired) electrons. The van der Waals surface area contributed by atoms with Gasteiger partial charge in [0.25, 0.3) is 5.56 Å². The third-order valence-corrected chi connectivity index (χ3v) is 5.41. The second-order valence-corrected chi connectivity index (χ2v) is 7.68. The number of aryl methyl sites for hydroxylation is 2. The van der Waals surface area contributed by atoms with Crippen LogP contribution >= 0.6 is 11.8 Å². The number of thioether (sulfide) groups is 1. The molecule has 0 saturated heterocycles. The van der Waals surface area contributed by atoms with Crippen molar-refractivity contribution in [3.05, 3.63) is 45.2 Å². The van der Waals surface area contributed by atoms with E-state index < -0.39 is 5.92 Å². The minimum absolute atomic E-state index is 0.0873. The van der Waals surface area contributed by atoms with E-state index in [0.29, 0.717) is 10.8 Å². The fourth-order valence-corrected chi connectivity index (χ4v) is 3.73. The number of nitrogens with one attached hydrogen (secondary N) is 3. The van der Waals surface area contributed by atoms with Gasteiger partial charge < -0.3 is 15.6 Å². The van der Waals surface area contributed by atoms with Crippen molar-refractivity contribution in [2.45, 2.75) is 44.7 Å². The van der Waals surface area contributed by atoms with Gasteiger partial charge in [-0.25, -0.2) is 4.98 Å². The van der Waals surface area contributed by atoms with Gasteiger partial charge in [0.15, 0.2) is 5.16 Å². The summed E-state index contributed by atoms with van der Waals surface area (Å²) in [6.45, 7) is 5.90. The van der Waals surface area contributed by atoms with Gasteiger partial charge in [0, 0.05) is 17.9 Å². The zero-order valence-electron chi connectivity index (χ0n) is 15.5. The summed E-state index contributed by atoms with van der Waals surface area (Å²) in [5.74, 6) is -0.621. The van der Waals surface area contributed by atoms with Crippen molar-refractivity contribution in [2.75, 3.05) is 16.4 Å². The Kier molecular flexibility index (Phi) is 5.65. The molecule has 0 bridgehead atoms. The molecule has 1 aromatic heterocycles. The SMILES string of the molecule is CCCSc1nc2c(c(=O)[nH]1)C(C(=O)Nc1ccc(C)cc1C)CC(=O)N2. The van der Waals surface area contributed by atoms with Crippen LogP contribution in [0.2, 0.25) is 0 Å². The van der Waals surface area contributed by atoms with Crippen LogP contribution in [0.3, 0.4) is 0 Å². The maximum absolute atomic E-state index is 12.8. The van der Waals surface area contributed by atoms with E-state index in [9.17, 15) is 14.4 Å². The highest BCUT2D eigenvalue weighted by Crippen LogP contribution is 2.30. The van der Waals surface area contributed by atoms with Crippen LogP contribution < -0.4 is 16.2 Å². The molecule has 0 saturated carbocycles. The third-order valence-electron chi connectivity index (χ3n) is 4.33. The Labute approximate surface area is 161 Å². The molecule has 1 aliphatic heterocycles. The van der Waals surface area contributed by atoms with E-state index in [1.54, 1.807) is 0 Å². The van der Waals surface area contributed by atoms with Gasteiger partial charge >= 0.3 is 0 Å². The van der Waals surface area contributed by atoms with Gasteiger partial charge in [0.2, 0.25) is 11.8 Å². The molecule has 7 nitrogen and oxygen atoms in total. The Hall–Kier alpha value is -2.61. The number of rotatable bonds is 5. The molecule has 8 heteroatoms. The Balaban J connectivity index is 1.92. The maximum atomic E-state index is 12.8. The first kappa shape index (κ1) is 19.2. The second kappa shape index (κ2) is 7.96. The van der Waals surface area contributed by atoms with Crippen molar-refractivity contribution in [3.63, 3.8) is 0 Å². The van der Waals surface area contributed by atoms with Gasteiger partial charge in [-0.2, -0.15) is 0 Å². The topological polar surface area (TPSA) is 104 Å². The highest BCUT2D eigenvalue weighted by Gasteiger charge is 2.34. The lowest BCUT2D eigenvalue weighted by Gasteiger charge is -2.23. The molecule has 2 heterocycles. The van der Waals surface area contributed by atoms with Gasteiger partial charge in [-0.3, -0.25) is 14.4 Å². The van der Waals surface area contributed by atoms with Crippen LogP contribution in [0.4, 0.5) is 11.5 Å². The summed E-state index contributed by atoms with van der Waals surface area (Å²) in [5, 5.41) is 5.90. The molecule has 1 aromatic carbocycles. The van der Waals surface area contributed by atoms with E-state index >= 15 is 0 Å². The summed E-state index contributed by atoms with van der Waals surface area (Å²) in [4.78, 5) is 44.6. The van der Waals surface area contributed by atoms with Crippen molar-refractivity contribution < 1.29 is 9.59 Å². The standard InChI is InChI=1S/C19H22N4O3S/c1-4-7-27-19-22-16-15(18(26)23-19)12(9-14(24)21-16)17(25)20-13-6-5-10(2)8-11(13)3/h5-6,8,12H,4,7,9H2,1-3H3,(H,20,25)(H2,21,22,23,24,26). The van der Waals surface area contributed by atoms with Crippen LogP contribution in [-0.2, 0) is 9.59 Å². The fraction of sp³-hybridized carbons (Fsp3) is 0.368. The van der Waals surface area contributed by atoms with E-state index in [-0.39, 0.29) is 35.2 Å². The first-order valence-electron chi connectivity index (χ1n) is 8.84. The van der Waals surface area contributed by atoms with Crippen LogP contribution in [0.1, 0.15) is 42.4 Å². The number of benzene rings is 1. The number of H-pyrrole nitrogens is 1. The summed E-state index contributed by atoms with van der Waals surface area (Å²) >= 11 is 1.41. The predicted molar refractivity (Wildman–Crippen MR) is 106 cm³/mol. The number of nitrogens with zero attached hydrogens (tertiary/aromatic N) is 1. The number of hydrogen-bond donors (Lipinski definition) is 3. The molecule has 3 N–H and O–H groups in total. The Bertz CT molecular complexity index is 954. The van der Waals surface area contributed by atoms with Crippen molar-refractivity contribution in [1.82, 2.24) is 9.97 Å². The zero-order valence-corrected chi connectivity index (χ0v) is 16.3. The average Bonchev–Trinajstić information content (AvgIpc) is 2.61. The monoisotopic (exact) mass is 386 g/mol. The molecule has 2 aromatic rings. The van der Waals surface area contributed by atoms with E-state index in [1.165, 1.54) is 11.8 Å². The number of hydrogen-bond acceptors (Lipinski definition) is 5. The van der Waals surface area contributed by atoms with Crippen LogP contribution in [0, 0.1) is 13.8 Å². The average molecular weight is 386 g/mol. The summed E-state index contributed by atoms with van der Waals surface area (Å²) in [7, 11) is 0. The van der Waals surface area contributed by atoms with Gasteiger partial charge in [-0.15, -0.1) is 0 Å². The molecular weight excluding hydrogens is 364 g/mol. The number of aromatic nitrogens is 2. The van der Waals surface area contributed by atoms with Crippen LogP contribution in [-0.4, -0.2) is 27.5 Å². The lowest BCUT2D eigenvalue weighted by molar-refractivity contribution is -0.123. The van der Waals surface area contributed by atoms with E-state index in [1.807, 2.05) is 39.0 Å². The Morgan fingerprint density at radius 2 is 2.11 bits per heavy atom. The number of fused-ring (bicyclic) bond motifs is 1. The number of carbonyl (C=O) groups excluding carboxylic acids is 2. The number of anilines is 2. The second-order valence-electron chi connectivity index (χ2n) is 6.59. The number of amides is 2. The first-order chi connectivity index (χ1) is 12.9. The van der Waals surface area contributed by atoms with Crippen LogP contribution in [0.25, 0.3) is 0 Å². The minimum Gasteiger partial charge on any atom is -0.325 e. The van der Waals surface area contributed by atoms with Gasteiger partial charge in [-0.1, -0.05) is 36.4 Å². The molecule has 1 unspecified atom stereocenters. The molecule has 0 spiro atoms. The Morgan fingerprint density at radius 3 is 2.81 bits per heavy atom. The summed E-state index contributed by atoms with van der Waals surface area (Å²) < 4.78 is 0. The number of carbonyl (C=O) groups is 2. The fourth-order valence-electron chi connectivity index (χ4n) is 3.02. The quantitative estimate of drug-likeness (QED) is 0.541. The molecule has 1 aliphatic rings. The smallest absolute Gasteiger partial charge is 0.257 e. The lowest BCUT2D eigenvalue weighted by atomic mass is 9.92. The largest absolute Gasteiger partial charge is 0.325 e. The molecule has 0 fully saturated rings. The van der Waals surface area contributed by atoms with E-state index in [2.05, 4.69) is 20.6 Å². The summed E-state index contributed by atoms with van der Waals surface area (Å²) in [6.07, 6.45) is 0.842. The normalized spacial score (nSPS) is 15.8. The maximum Gasteiger partial charge on any atom is 0.257 e. The van der Waals surface area contributed by atoms with Gasteiger partial charge in [0.1, 0.15) is 5.82 Å². The highest BCUT2D eigenvalue weighted by atomic mass is 32.2. The highest BCUT2D eigenvalue weighted by molar-refractivity contribution is 7.99. The van der Waals surface area contributed by atoms with Crippen molar-refractivity contribution in [1.29, 1.82) is 0 Å². The van der Waals surface area contributed by atoms with Crippen LogP contribution in [0.15, 0.2) is 28.2 Å². The van der Waals surface area contributed by atoms with E-state index in [0.717, 1.165) is 23.3 Å². The minimum atomic E-state index is -0.879. The van der Waals surface area contributed by atoms with Crippen molar-refractivity contribution in [3.8, 4) is 0 Å². The molecule has 3 rings (SSSR count). The molecule has 0 aliphatic carbocycles. The third kappa shape index (κ3) is 4.21. The van der Waals surface area contributed by atoms with Gasteiger partial charge in [0.05, 0.1) is 11.5 Å². The summed E-state index contributed by atoms with van der Waals surface area (Å²) in [6, 6.07) is 5.68. The summed E-state index contributed by atoms with van der Waals surface area (Å²) in [5.41, 5.74) is 2.49. The predicted octanol–water partition coefficient (Wildman–Crippen LogP) is 2.95. The van der Waals surface area contributed by atoms with Crippen molar-refractivity contribution >= 4 is 35.1 Å². The van der Waals surface area contributed by atoms with E-state index in [4.69, 9.17) is 0 Å².